The predicted molar refractivity (Wildman–Crippen MR) is 123 cm³/mol. The van der Waals surface area contributed by atoms with Crippen molar-refractivity contribution in [1.29, 1.82) is 5.26 Å². The van der Waals surface area contributed by atoms with Crippen LogP contribution in [0.15, 0.2) is 35.5 Å². The normalized spacial score (nSPS) is 11.0. The number of hydrogen-bond acceptors (Lipinski definition) is 7. The summed E-state index contributed by atoms with van der Waals surface area (Å²) in [6.45, 7) is 1.41. The van der Waals surface area contributed by atoms with E-state index in [1.807, 2.05) is 6.07 Å². The van der Waals surface area contributed by atoms with E-state index in [1.54, 1.807) is 0 Å². The maximum absolute atomic E-state index is 15.0. The minimum absolute atomic E-state index is 0.0621. The first-order valence-electron chi connectivity index (χ1n) is 9.60. The van der Waals surface area contributed by atoms with Crippen LogP contribution in [-0.4, -0.2) is 36.5 Å². The van der Waals surface area contributed by atoms with Crippen molar-refractivity contribution in [2.24, 2.45) is 0 Å². The van der Waals surface area contributed by atoms with Gasteiger partial charge in [0.05, 0.1) is 28.8 Å². The van der Waals surface area contributed by atoms with Gasteiger partial charge in [0, 0.05) is 16.8 Å². The minimum Gasteiger partial charge on any atom is -0.453 e. The largest absolute Gasteiger partial charge is 0.453 e. The lowest BCUT2D eigenvalue weighted by atomic mass is 10.1. The van der Waals surface area contributed by atoms with E-state index < -0.39 is 39.0 Å². The monoisotopic (exact) mass is 539 g/mol. The van der Waals surface area contributed by atoms with Crippen LogP contribution in [0.2, 0.25) is 10.0 Å². The Morgan fingerprint density at radius 1 is 1.23 bits per heavy atom. The van der Waals surface area contributed by atoms with Crippen LogP contribution in [0.3, 0.4) is 0 Å². The average Bonchev–Trinajstić information content (AvgIpc) is 3.19. The molecule has 0 radical (unpaired) electrons. The van der Waals surface area contributed by atoms with Gasteiger partial charge in [-0.3, -0.25) is 20.4 Å². The number of rotatable bonds is 6. The first-order chi connectivity index (χ1) is 16.4. The summed E-state index contributed by atoms with van der Waals surface area (Å²) in [5, 5.41) is 8.75. The molecule has 35 heavy (non-hydrogen) atoms. The van der Waals surface area contributed by atoms with E-state index in [2.05, 4.69) is 20.8 Å². The molecule has 0 aliphatic rings. The smallest absolute Gasteiger partial charge is 0.288 e. The van der Waals surface area contributed by atoms with Crippen molar-refractivity contribution in [3.8, 4) is 17.6 Å². The summed E-state index contributed by atoms with van der Waals surface area (Å²) in [6, 6.07) is 8.57. The number of aromatic amines is 1. The van der Waals surface area contributed by atoms with E-state index >= 15 is 4.39 Å². The second kappa shape index (κ2) is 10.3. The predicted octanol–water partition coefficient (Wildman–Crippen LogP) is 3.24. The van der Waals surface area contributed by atoms with E-state index in [-0.39, 0.29) is 44.1 Å². The number of carbonyl (C=O) groups is 2. The molecule has 0 aliphatic heterocycles. The standard InChI is InChI=1S/C21H16Cl2FN5O5S/c1-10-18(27-21(26-10)35(2,32)33)20(31)29-28-16(30)7-12-3-4-15(23)19(17(12)24)34-14-6-11(9-25)5-13(22)8-14/h3-6,8H,7H2,1-2H3,(H,26,27)(H,28,30)(H,29,31). The molecular formula is C21H16Cl2FN5O5S. The zero-order valence-corrected chi connectivity index (χ0v) is 20.4. The van der Waals surface area contributed by atoms with Gasteiger partial charge in [0.2, 0.25) is 20.9 Å². The summed E-state index contributed by atoms with van der Waals surface area (Å²) in [5.74, 6) is -2.89. The van der Waals surface area contributed by atoms with Gasteiger partial charge in [-0.05, 0) is 31.2 Å². The molecule has 182 valence electrons. The van der Waals surface area contributed by atoms with Crippen LogP contribution in [-0.2, 0) is 21.1 Å². The van der Waals surface area contributed by atoms with Gasteiger partial charge >= 0.3 is 0 Å². The summed E-state index contributed by atoms with van der Waals surface area (Å²) in [7, 11) is -3.67. The molecule has 3 N–H and O–H groups in total. The molecule has 1 aromatic heterocycles. The summed E-state index contributed by atoms with van der Waals surface area (Å²) >= 11 is 12.0. The highest BCUT2D eigenvalue weighted by molar-refractivity contribution is 7.90. The number of aryl methyl sites for hydroxylation is 1. The van der Waals surface area contributed by atoms with E-state index in [0.29, 0.717) is 0 Å². The van der Waals surface area contributed by atoms with Crippen molar-refractivity contribution >= 4 is 44.9 Å². The van der Waals surface area contributed by atoms with Gasteiger partial charge in [0.25, 0.3) is 5.91 Å². The minimum atomic E-state index is -3.67. The summed E-state index contributed by atoms with van der Waals surface area (Å²) < 4.78 is 43.7. The van der Waals surface area contributed by atoms with Crippen LogP contribution in [0.5, 0.6) is 11.5 Å². The third-order valence-electron chi connectivity index (χ3n) is 4.46. The van der Waals surface area contributed by atoms with Crippen molar-refractivity contribution in [2.75, 3.05) is 6.26 Å². The number of H-pyrrole nitrogens is 1. The van der Waals surface area contributed by atoms with Crippen LogP contribution in [0.25, 0.3) is 0 Å². The van der Waals surface area contributed by atoms with Gasteiger partial charge in [-0.15, -0.1) is 0 Å². The Bertz CT molecular complexity index is 1480. The van der Waals surface area contributed by atoms with Crippen molar-refractivity contribution in [2.45, 2.75) is 18.5 Å². The molecule has 0 spiro atoms. The lowest BCUT2D eigenvalue weighted by molar-refractivity contribution is -0.121. The van der Waals surface area contributed by atoms with Crippen LogP contribution in [0, 0.1) is 24.1 Å². The van der Waals surface area contributed by atoms with Crippen molar-refractivity contribution in [3.63, 3.8) is 0 Å². The SMILES string of the molecule is Cc1nc(S(C)(=O)=O)[nH]c1C(=O)NNC(=O)Cc1ccc(Cl)c(Oc2cc(Cl)cc(C#N)c2)c1F. The van der Waals surface area contributed by atoms with Gasteiger partial charge in [-0.1, -0.05) is 29.3 Å². The third kappa shape index (κ3) is 6.27. The number of imidazole rings is 1. The Morgan fingerprint density at radius 2 is 1.94 bits per heavy atom. The molecule has 2 aromatic carbocycles. The Hall–Kier alpha value is -3.66. The molecule has 2 amide bonds. The number of nitrogens with one attached hydrogen (secondary N) is 3. The molecule has 0 bridgehead atoms. The number of benzene rings is 2. The summed E-state index contributed by atoms with van der Waals surface area (Å²) in [4.78, 5) is 30.7. The highest BCUT2D eigenvalue weighted by Crippen LogP contribution is 2.35. The van der Waals surface area contributed by atoms with Gasteiger partial charge in [-0.25, -0.2) is 17.8 Å². The third-order valence-corrected chi connectivity index (χ3v) is 5.87. The molecule has 0 unspecified atom stereocenters. The van der Waals surface area contributed by atoms with E-state index in [9.17, 15) is 18.0 Å². The fourth-order valence-corrected chi connectivity index (χ4v) is 3.84. The Kier molecular flexibility index (Phi) is 7.64. The molecule has 0 fully saturated rings. The van der Waals surface area contributed by atoms with Crippen molar-refractivity contribution in [1.82, 2.24) is 20.8 Å². The lowest BCUT2D eigenvalue weighted by Crippen LogP contribution is -2.42. The van der Waals surface area contributed by atoms with E-state index in [4.69, 9.17) is 33.2 Å². The van der Waals surface area contributed by atoms with Gasteiger partial charge < -0.3 is 9.72 Å². The average molecular weight is 540 g/mol. The molecule has 3 aromatic rings. The number of halogens is 3. The number of hydrogen-bond donors (Lipinski definition) is 3. The molecule has 0 saturated carbocycles. The van der Waals surface area contributed by atoms with E-state index in [0.717, 1.165) is 6.26 Å². The first kappa shape index (κ1) is 26.0. The van der Waals surface area contributed by atoms with E-state index in [1.165, 1.54) is 37.3 Å². The number of amides is 2. The fourth-order valence-electron chi connectivity index (χ4n) is 2.84. The van der Waals surface area contributed by atoms with Gasteiger partial charge in [0.15, 0.2) is 11.6 Å². The number of nitrogens with zero attached hydrogens (tertiary/aromatic N) is 2. The molecule has 0 saturated heterocycles. The van der Waals surface area contributed by atoms with Crippen LogP contribution in [0.1, 0.15) is 27.3 Å². The number of aromatic nitrogens is 2. The summed E-state index contributed by atoms with van der Waals surface area (Å²) in [5.41, 5.74) is 4.22. The Morgan fingerprint density at radius 3 is 2.57 bits per heavy atom. The molecule has 10 nitrogen and oxygen atoms in total. The number of nitriles is 1. The molecule has 0 atom stereocenters. The summed E-state index contributed by atoms with van der Waals surface area (Å²) in [6.07, 6.45) is 0.414. The highest BCUT2D eigenvalue weighted by Gasteiger charge is 2.21. The lowest BCUT2D eigenvalue weighted by Gasteiger charge is -2.13. The number of hydrazine groups is 1. The second-order valence-electron chi connectivity index (χ2n) is 7.19. The maximum Gasteiger partial charge on any atom is 0.288 e. The zero-order valence-electron chi connectivity index (χ0n) is 18.1. The number of carbonyl (C=O) groups excluding carboxylic acids is 2. The van der Waals surface area contributed by atoms with Crippen molar-refractivity contribution < 1.29 is 27.1 Å². The molecular weight excluding hydrogens is 524 g/mol. The highest BCUT2D eigenvalue weighted by atomic mass is 35.5. The first-order valence-corrected chi connectivity index (χ1v) is 12.2. The fraction of sp³-hybridized carbons (Fsp3) is 0.143. The molecule has 14 heteroatoms. The maximum atomic E-state index is 15.0. The van der Waals surface area contributed by atoms with Crippen LogP contribution < -0.4 is 15.6 Å². The number of ether oxygens (including phenoxy) is 1. The van der Waals surface area contributed by atoms with Crippen molar-refractivity contribution in [3.05, 3.63) is 68.7 Å². The van der Waals surface area contributed by atoms with Gasteiger partial charge in [0.1, 0.15) is 11.4 Å². The zero-order chi connectivity index (χ0) is 25.9. The Balaban J connectivity index is 1.71. The molecule has 1 heterocycles. The van der Waals surface area contributed by atoms with Crippen LogP contribution >= 0.6 is 23.2 Å². The van der Waals surface area contributed by atoms with Gasteiger partial charge in [-0.2, -0.15) is 5.26 Å². The quantitative estimate of drug-likeness (QED) is 0.406. The Labute approximate surface area is 208 Å². The second-order valence-corrected chi connectivity index (χ2v) is 9.97. The van der Waals surface area contributed by atoms with Crippen LogP contribution in [0.4, 0.5) is 4.39 Å². The molecule has 3 rings (SSSR count). The molecule has 0 aliphatic carbocycles. The number of sulfone groups is 1. The topological polar surface area (TPSA) is 154 Å².